The third kappa shape index (κ3) is 2.78. The van der Waals surface area contributed by atoms with Crippen molar-refractivity contribution in [1.82, 2.24) is 15.2 Å². The molecule has 5 nitrogen and oxygen atoms in total. The third-order valence-corrected chi connectivity index (χ3v) is 1.67. The van der Waals surface area contributed by atoms with Gasteiger partial charge in [0, 0.05) is 11.8 Å². The fraction of sp³-hybridized carbons (Fsp3) is 0.200. The summed E-state index contributed by atoms with van der Waals surface area (Å²) >= 11 is 0. The Morgan fingerprint density at radius 3 is 2.53 bits per heavy atom. The minimum Gasteiger partial charge on any atom is -0.410 e. The van der Waals surface area contributed by atoms with Crippen molar-refractivity contribution in [2.24, 2.45) is 5.90 Å². The van der Waals surface area contributed by atoms with Crippen LogP contribution in [0.5, 0.6) is 5.75 Å². The van der Waals surface area contributed by atoms with E-state index in [0.717, 1.165) is 11.3 Å². The summed E-state index contributed by atoms with van der Waals surface area (Å²) in [5.41, 5.74) is 1.76. The van der Waals surface area contributed by atoms with Crippen molar-refractivity contribution in [1.29, 1.82) is 0 Å². The maximum atomic E-state index is 4.96. The van der Waals surface area contributed by atoms with Crippen molar-refractivity contribution >= 4 is 0 Å². The Labute approximate surface area is 88.2 Å². The molecule has 0 aromatic carbocycles. The van der Waals surface area contributed by atoms with Gasteiger partial charge in [-0.05, 0) is 12.1 Å². The molecule has 5 heteroatoms. The van der Waals surface area contributed by atoms with Crippen molar-refractivity contribution in [3.63, 3.8) is 0 Å². The fourth-order valence-corrected chi connectivity index (χ4v) is 1.01. The Hall–Kier alpha value is -1.88. The van der Waals surface area contributed by atoms with Gasteiger partial charge < -0.3 is 4.84 Å². The molecule has 0 bridgehead atoms. The second-order valence-electron chi connectivity index (χ2n) is 2.48. The van der Waals surface area contributed by atoms with Crippen LogP contribution in [0.15, 0.2) is 30.7 Å². The number of aromatic nitrogens is 3. The van der Waals surface area contributed by atoms with Crippen molar-refractivity contribution in [3.8, 4) is 17.0 Å². The third-order valence-electron chi connectivity index (χ3n) is 1.67. The molecule has 0 spiro atoms. The van der Waals surface area contributed by atoms with E-state index in [2.05, 4.69) is 20.0 Å². The zero-order valence-corrected chi connectivity index (χ0v) is 8.77. The maximum absolute atomic E-state index is 4.96. The molecule has 2 aromatic rings. The number of pyridine rings is 1. The summed E-state index contributed by atoms with van der Waals surface area (Å²) in [4.78, 5) is 8.63. The van der Waals surface area contributed by atoms with E-state index < -0.39 is 0 Å². The van der Waals surface area contributed by atoms with Crippen LogP contribution in [0.4, 0.5) is 0 Å². The topological polar surface area (TPSA) is 76.8 Å². The van der Waals surface area contributed by atoms with E-state index in [4.69, 9.17) is 5.90 Å². The number of H-pyrrole nitrogens is 1. The monoisotopic (exact) mass is 206 g/mol. The van der Waals surface area contributed by atoms with Gasteiger partial charge in [0.2, 0.25) is 0 Å². The van der Waals surface area contributed by atoms with Crippen LogP contribution in [0.3, 0.4) is 0 Å². The van der Waals surface area contributed by atoms with Gasteiger partial charge in [0.25, 0.3) is 0 Å². The molecule has 0 atom stereocenters. The van der Waals surface area contributed by atoms with Crippen LogP contribution < -0.4 is 10.7 Å². The predicted octanol–water partition coefficient (Wildman–Crippen LogP) is 1.75. The zero-order valence-electron chi connectivity index (χ0n) is 8.77. The van der Waals surface area contributed by atoms with Crippen LogP contribution in [0.25, 0.3) is 11.3 Å². The largest absolute Gasteiger partial charge is 0.410 e. The second-order valence-corrected chi connectivity index (χ2v) is 2.48. The summed E-state index contributed by atoms with van der Waals surface area (Å²) in [6, 6.07) is 3.56. The van der Waals surface area contributed by atoms with Crippen LogP contribution in [-0.2, 0) is 0 Å². The van der Waals surface area contributed by atoms with Crippen LogP contribution in [0, 0.1) is 0 Å². The van der Waals surface area contributed by atoms with Gasteiger partial charge in [0.1, 0.15) is 0 Å². The highest BCUT2D eigenvalue weighted by Gasteiger charge is 1.99. The highest BCUT2D eigenvalue weighted by molar-refractivity contribution is 5.56. The van der Waals surface area contributed by atoms with Crippen LogP contribution in [-0.4, -0.2) is 15.2 Å². The summed E-state index contributed by atoms with van der Waals surface area (Å²) in [5, 5.41) is 6.53. The van der Waals surface area contributed by atoms with Crippen LogP contribution in [0.1, 0.15) is 13.8 Å². The second kappa shape index (κ2) is 5.77. The zero-order chi connectivity index (χ0) is 11.1. The highest BCUT2D eigenvalue weighted by Crippen LogP contribution is 2.16. The molecule has 0 radical (unpaired) electrons. The molecule has 2 heterocycles. The summed E-state index contributed by atoms with van der Waals surface area (Å²) in [6.45, 7) is 4.00. The lowest BCUT2D eigenvalue weighted by Gasteiger charge is -1.98. The van der Waals surface area contributed by atoms with Crippen LogP contribution >= 0.6 is 0 Å². The predicted molar refractivity (Wildman–Crippen MR) is 58.0 cm³/mol. The number of hydrogen-bond acceptors (Lipinski definition) is 4. The van der Waals surface area contributed by atoms with E-state index >= 15 is 0 Å². The minimum atomic E-state index is 0.534. The molecule has 0 saturated carbocycles. The number of hydrogen-bond donors (Lipinski definition) is 2. The van der Waals surface area contributed by atoms with Crippen molar-refractivity contribution in [2.75, 3.05) is 0 Å². The van der Waals surface area contributed by atoms with Gasteiger partial charge in [-0.3, -0.25) is 10.1 Å². The first-order valence-corrected chi connectivity index (χ1v) is 4.72. The van der Waals surface area contributed by atoms with Gasteiger partial charge in [-0.25, -0.2) is 0 Å². The van der Waals surface area contributed by atoms with E-state index in [-0.39, 0.29) is 0 Å². The quantitative estimate of drug-likeness (QED) is 0.734. The molecule has 0 aliphatic heterocycles. The number of rotatable bonds is 2. The van der Waals surface area contributed by atoms with Gasteiger partial charge in [-0.2, -0.15) is 11.0 Å². The lowest BCUT2D eigenvalue weighted by Crippen LogP contribution is -2.01. The summed E-state index contributed by atoms with van der Waals surface area (Å²) in [6.07, 6.45) is 5.03. The Bertz CT molecular complexity index is 369. The molecule has 2 rings (SSSR count). The first kappa shape index (κ1) is 11.2. The standard InChI is InChI=1S/C8H8N4O.C2H6/c9-13-7-1-2-8(10-5-7)6-3-11-12-4-6;1-2/h1-5H,9H2,(H,11,12);1-2H3. The van der Waals surface area contributed by atoms with Crippen molar-refractivity contribution < 1.29 is 4.84 Å². The highest BCUT2D eigenvalue weighted by atomic mass is 16.6. The van der Waals surface area contributed by atoms with Gasteiger partial charge in [0.15, 0.2) is 5.75 Å². The molecule has 3 N–H and O–H groups in total. The Morgan fingerprint density at radius 1 is 1.27 bits per heavy atom. The van der Waals surface area contributed by atoms with Gasteiger partial charge in [0.05, 0.1) is 18.1 Å². The van der Waals surface area contributed by atoms with Gasteiger partial charge in [-0.15, -0.1) is 0 Å². The number of aromatic amines is 1. The van der Waals surface area contributed by atoms with E-state index in [9.17, 15) is 0 Å². The Balaban J connectivity index is 0.000000531. The molecule has 0 unspecified atom stereocenters. The molecule has 15 heavy (non-hydrogen) atoms. The first-order valence-electron chi connectivity index (χ1n) is 4.72. The molecular weight excluding hydrogens is 192 g/mol. The van der Waals surface area contributed by atoms with Crippen molar-refractivity contribution in [2.45, 2.75) is 13.8 Å². The fourth-order valence-electron chi connectivity index (χ4n) is 1.01. The van der Waals surface area contributed by atoms with E-state index in [1.807, 2.05) is 19.9 Å². The number of nitrogens with one attached hydrogen (secondary N) is 1. The number of nitrogens with zero attached hydrogens (tertiary/aromatic N) is 2. The first-order chi connectivity index (χ1) is 7.40. The molecule has 2 aromatic heterocycles. The molecule has 0 saturated heterocycles. The number of nitrogens with two attached hydrogens (primary N) is 1. The average Bonchev–Trinajstić information content (AvgIpc) is 2.85. The molecule has 0 amide bonds. The Morgan fingerprint density at radius 2 is 2.07 bits per heavy atom. The van der Waals surface area contributed by atoms with E-state index in [0.29, 0.717) is 5.75 Å². The minimum absolute atomic E-state index is 0.534. The van der Waals surface area contributed by atoms with E-state index in [1.54, 1.807) is 24.7 Å². The summed E-state index contributed by atoms with van der Waals surface area (Å²) in [7, 11) is 0. The van der Waals surface area contributed by atoms with E-state index in [1.165, 1.54) is 0 Å². The van der Waals surface area contributed by atoms with Crippen molar-refractivity contribution in [3.05, 3.63) is 30.7 Å². The Kier molecular flexibility index (Phi) is 4.30. The smallest absolute Gasteiger partial charge is 0.165 e. The summed E-state index contributed by atoms with van der Waals surface area (Å²) in [5.74, 6) is 5.49. The molecule has 0 fully saturated rings. The molecular formula is C10H14N4O. The SMILES string of the molecule is CC.NOc1ccc(-c2cn[nH]c2)nc1. The maximum Gasteiger partial charge on any atom is 0.165 e. The van der Waals surface area contributed by atoms with Gasteiger partial charge >= 0.3 is 0 Å². The average molecular weight is 206 g/mol. The molecule has 0 aliphatic carbocycles. The molecule has 0 aliphatic rings. The lowest BCUT2D eigenvalue weighted by molar-refractivity contribution is 0.333. The normalized spacial score (nSPS) is 9.00. The van der Waals surface area contributed by atoms with Crippen LogP contribution in [0.2, 0.25) is 0 Å². The summed E-state index contributed by atoms with van der Waals surface area (Å²) < 4.78 is 0. The molecule has 80 valence electrons. The van der Waals surface area contributed by atoms with Gasteiger partial charge in [-0.1, -0.05) is 13.8 Å². The lowest BCUT2D eigenvalue weighted by atomic mass is 10.2.